The molecule has 2 aliphatic heterocycles. The summed E-state index contributed by atoms with van der Waals surface area (Å²) in [4.78, 5) is 23.9. The van der Waals surface area contributed by atoms with E-state index in [1.807, 2.05) is 35.2 Å². The molecule has 0 saturated carbocycles. The molecule has 0 radical (unpaired) electrons. The Kier molecular flexibility index (Phi) is 5.21. The van der Waals surface area contributed by atoms with Gasteiger partial charge in [0.05, 0.1) is 28.5 Å². The van der Waals surface area contributed by atoms with Gasteiger partial charge in [0.15, 0.2) is 5.17 Å². The average Bonchev–Trinajstić information content (AvgIpc) is 3.35. The lowest BCUT2D eigenvalue weighted by Crippen LogP contribution is -2.35. The van der Waals surface area contributed by atoms with Gasteiger partial charge in [-0.2, -0.15) is 0 Å². The van der Waals surface area contributed by atoms with Gasteiger partial charge in [-0.1, -0.05) is 32.4 Å². The van der Waals surface area contributed by atoms with E-state index in [1.165, 1.54) is 11.8 Å². The Morgan fingerprint density at radius 2 is 2.09 bits per heavy atom. The fraction of sp³-hybridized carbons (Fsp3) is 0.318. The molecule has 3 heterocycles. The van der Waals surface area contributed by atoms with Crippen LogP contribution in [0.3, 0.4) is 0 Å². The lowest BCUT2D eigenvalue weighted by molar-refractivity contribution is 0.0920. The van der Waals surface area contributed by atoms with Crippen molar-refractivity contribution in [1.82, 2.24) is 15.3 Å². The Morgan fingerprint density at radius 3 is 2.88 bits per heavy atom. The minimum atomic E-state index is -3.42. The molecule has 1 aromatic heterocycles. The zero-order valence-corrected chi connectivity index (χ0v) is 19.3. The number of hydrogen-bond donors (Lipinski definition) is 2. The molecular weight excluding hydrogens is 446 g/mol. The number of nitrogens with zero attached hydrogens (tertiary/aromatic N) is 3. The fourth-order valence-corrected chi connectivity index (χ4v) is 6.23. The van der Waals surface area contributed by atoms with Gasteiger partial charge in [0.1, 0.15) is 5.82 Å². The SMILES string of the molecule is CCC(C)C(NC(=O)c1ccc2c(c1)SC1=NS(=O)(=O)CCN12)c1nc2ccccc2[nH]1. The van der Waals surface area contributed by atoms with Gasteiger partial charge in [-0.3, -0.25) is 4.79 Å². The predicted molar refractivity (Wildman–Crippen MR) is 127 cm³/mol. The number of carbonyl (C=O) groups excluding carboxylic acids is 1. The van der Waals surface area contributed by atoms with Crippen LogP contribution in [0.5, 0.6) is 0 Å². The smallest absolute Gasteiger partial charge is 0.257 e. The van der Waals surface area contributed by atoms with E-state index in [1.54, 1.807) is 12.1 Å². The quantitative estimate of drug-likeness (QED) is 0.590. The summed E-state index contributed by atoms with van der Waals surface area (Å²) in [5.74, 6) is 0.712. The van der Waals surface area contributed by atoms with Crippen LogP contribution < -0.4 is 10.2 Å². The zero-order valence-electron chi connectivity index (χ0n) is 17.7. The second kappa shape index (κ2) is 7.93. The molecule has 3 aromatic rings. The molecule has 166 valence electrons. The molecule has 8 nitrogen and oxygen atoms in total. The maximum Gasteiger partial charge on any atom is 0.257 e. The van der Waals surface area contributed by atoms with Gasteiger partial charge in [0.25, 0.3) is 15.9 Å². The third-order valence-electron chi connectivity index (χ3n) is 5.94. The number of amidine groups is 1. The Hall–Kier alpha value is -2.85. The standard InChI is InChI=1S/C22H23N5O3S2/c1-3-13(2)19(20-23-15-6-4-5-7-16(15)24-20)25-21(28)14-8-9-17-18(12-14)31-22-26-32(29,30)11-10-27(17)22/h4-9,12-13,19H,3,10-11H2,1-2H3,(H,23,24)(H,25,28). The summed E-state index contributed by atoms with van der Waals surface area (Å²) in [7, 11) is -3.42. The van der Waals surface area contributed by atoms with Gasteiger partial charge in [-0.25, -0.2) is 13.4 Å². The van der Waals surface area contributed by atoms with Crippen LogP contribution in [0.15, 0.2) is 51.8 Å². The van der Waals surface area contributed by atoms with Crippen molar-refractivity contribution >= 4 is 49.6 Å². The average molecular weight is 470 g/mol. The number of anilines is 1. The lowest BCUT2D eigenvalue weighted by atomic mass is 9.98. The van der Waals surface area contributed by atoms with E-state index in [2.05, 4.69) is 28.5 Å². The summed E-state index contributed by atoms with van der Waals surface area (Å²) >= 11 is 1.28. The fourth-order valence-electron chi connectivity index (χ4n) is 3.93. The first kappa shape index (κ1) is 21.0. The number of amides is 1. The van der Waals surface area contributed by atoms with Crippen molar-refractivity contribution < 1.29 is 13.2 Å². The molecular formula is C22H23N5O3S2. The lowest BCUT2D eigenvalue weighted by Gasteiger charge is -2.23. The van der Waals surface area contributed by atoms with Crippen LogP contribution in [0.4, 0.5) is 5.69 Å². The molecule has 0 bridgehead atoms. The number of carbonyl (C=O) groups is 1. The van der Waals surface area contributed by atoms with E-state index in [9.17, 15) is 13.2 Å². The first-order chi connectivity index (χ1) is 15.3. The van der Waals surface area contributed by atoms with E-state index >= 15 is 0 Å². The van der Waals surface area contributed by atoms with Crippen LogP contribution in [-0.2, 0) is 10.0 Å². The number of sulfonamides is 1. The van der Waals surface area contributed by atoms with Crippen molar-refractivity contribution in [2.24, 2.45) is 10.3 Å². The molecule has 0 spiro atoms. The molecule has 5 rings (SSSR count). The third-order valence-corrected chi connectivity index (χ3v) is 8.24. The molecule has 10 heteroatoms. The summed E-state index contributed by atoms with van der Waals surface area (Å²) in [5.41, 5.74) is 3.21. The maximum absolute atomic E-state index is 13.2. The highest BCUT2D eigenvalue weighted by Crippen LogP contribution is 2.42. The van der Waals surface area contributed by atoms with Crippen LogP contribution in [0.2, 0.25) is 0 Å². The highest BCUT2D eigenvalue weighted by atomic mass is 32.2. The molecule has 1 amide bonds. The Balaban J connectivity index is 1.41. The van der Waals surface area contributed by atoms with Crippen LogP contribution in [-0.4, -0.2) is 41.8 Å². The van der Waals surface area contributed by atoms with Crippen molar-refractivity contribution in [3.63, 3.8) is 0 Å². The number of imidazole rings is 1. The molecule has 32 heavy (non-hydrogen) atoms. The van der Waals surface area contributed by atoms with Crippen LogP contribution in [0.25, 0.3) is 11.0 Å². The molecule has 2 atom stereocenters. The number of rotatable bonds is 5. The Morgan fingerprint density at radius 1 is 1.28 bits per heavy atom. The second-order valence-electron chi connectivity index (χ2n) is 8.07. The van der Waals surface area contributed by atoms with Crippen molar-refractivity contribution in [2.75, 3.05) is 17.2 Å². The molecule has 2 N–H and O–H groups in total. The number of hydrogen-bond acceptors (Lipinski definition) is 6. The number of nitrogens with one attached hydrogen (secondary N) is 2. The van der Waals surface area contributed by atoms with Gasteiger partial charge in [-0.05, 0) is 48.0 Å². The number of fused-ring (bicyclic) bond motifs is 4. The van der Waals surface area contributed by atoms with Crippen LogP contribution in [0, 0.1) is 5.92 Å². The van der Waals surface area contributed by atoms with Crippen molar-refractivity contribution in [1.29, 1.82) is 0 Å². The molecule has 2 aromatic carbocycles. The Labute approximate surface area is 190 Å². The van der Waals surface area contributed by atoms with Crippen molar-refractivity contribution in [3.8, 4) is 0 Å². The van der Waals surface area contributed by atoms with Gasteiger partial charge in [0, 0.05) is 17.0 Å². The number of thioether (sulfide) groups is 1. The second-order valence-corrected chi connectivity index (χ2v) is 10.8. The Bertz CT molecular complexity index is 1320. The maximum atomic E-state index is 13.2. The number of aromatic amines is 1. The molecule has 0 saturated heterocycles. The van der Waals surface area contributed by atoms with E-state index in [0.717, 1.165) is 33.9 Å². The molecule has 0 fully saturated rings. The van der Waals surface area contributed by atoms with Crippen molar-refractivity contribution in [3.05, 3.63) is 53.9 Å². The zero-order chi connectivity index (χ0) is 22.5. The minimum absolute atomic E-state index is 0.00712. The third kappa shape index (κ3) is 3.77. The van der Waals surface area contributed by atoms with Crippen molar-refractivity contribution in [2.45, 2.75) is 31.2 Å². The highest BCUT2D eigenvalue weighted by Gasteiger charge is 2.34. The largest absolute Gasteiger partial charge is 0.342 e. The minimum Gasteiger partial charge on any atom is -0.342 e. The highest BCUT2D eigenvalue weighted by molar-refractivity contribution is 8.15. The number of para-hydroxylation sites is 2. The monoisotopic (exact) mass is 469 g/mol. The van der Waals surface area contributed by atoms with E-state index in [0.29, 0.717) is 17.3 Å². The summed E-state index contributed by atoms with van der Waals surface area (Å²) in [6.45, 7) is 4.55. The summed E-state index contributed by atoms with van der Waals surface area (Å²) < 4.78 is 27.5. The van der Waals surface area contributed by atoms with Crippen LogP contribution >= 0.6 is 11.8 Å². The van der Waals surface area contributed by atoms with E-state index < -0.39 is 10.0 Å². The molecule has 2 unspecified atom stereocenters. The summed E-state index contributed by atoms with van der Waals surface area (Å²) in [6, 6.07) is 13.0. The van der Waals surface area contributed by atoms with Gasteiger partial charge in [0.2, 0.25) is 0 Å². The summed E-state index contributed by atoms with van der Waals surface area (Å²) in [5, 5.41) is 3.59. The predicted octanol–water partition coefficient (Wildman–Crippen LogP) is 3.69. The first-order valence-electron chi connectivity index (χ1n) is 10.5. The van der Waals surface area contributed by atoms with Crippen LogP contribution in [0.1, 0.15) is 42.5 Å². The van der Waals surface area contributed by atoms with Gasteiger partial charge >= 0.3 is 0 Å². The number of aromatic nitrogens is 2. The van der Waals surface area contributed by atoms with Gasteiger partial charge < -0.3 is 15.2 Å². The molecule has 2 aliphatic rings. The normalized spacial score (nSPS) is 18.6. The first-order valence-corrected chi connectivity index (χ1v) is 12.9. The topological polar surface area (TPSA) is 108 Å². The van der Waals surface area contributed by atoms with E-state index in [-0.39, 0.29) is 23.6 Å². The molecule has 0 aliphatic carbocycles. The van der Waals surface area contributed by atoms with E-state index in [4.69, 9.17) is 4.98 Å². The number of benzene rings is 2. The van der Waals surface area contributed by atoms with Gasteiger partial charge in [-0.15, -0.1) is 4.40 Å². The summed E-state index contributed by atoms with van der Waals surface area (Å²) in [6.07, 6.45) is 0.880. The number of H-pyrrole nitrogens is 1.